The van der Waals surface area contributed by atoms with Crippen LogP contribution in [0.1, 0.15) is 28.4 Å². The Bertz CT molecular complexity index is 845. The van der Waals surface area contributed by atoms with Gasteiger partial charge in [-0.2, -0.15) is 0 Å². The van der Waals surface area contributed by atoms with E-state index in [-0.39, 0.29) is 0 Å². The average molecular weight is 367 g/mol. The first-order chi connectivity index (χ1) is 12.9. The van der Waals surface area contributed by atoms with Crippen LogP contribution in [0.2, 0.25) is 0 Å². The Morgan fingerprint density at radius 1 is 1.04 bits per heavy atom. The second-order valence-electron chi connectivity index (χ2n) is 5.87. The summed E-state index contributed by atoms with van der Waals surface area (Å²) in [5.74, 6) is 5.61. The third-order valence-electron chi connectivity index (χ3n) is 3.86. The molecule has 0 fully saturated rings. The molecule has 6 heteroatoms. The lowest BCUT2D eigenvalue weighted by molar-refractivity contribution is -0.125. The fourth-order valence-electron chi connectivity index (χ4n) is 2.32. The van der Waals surface area contributed by atoms with E-state index in [9.17, 15) is 14.7 Å². The Balaban J connectivity index is 2.07. The fourth-order valence-corrected chi connectivity index (χ4v) is 2.32. The number of carbonyl (C=O) groups excluding carboxylic acids is 2. The van der Waals surface area contributed by atoms with Gasteiger partial charge >= 0.3 is 0 Å². The zero-order chi connectivity index (χ0) is 19.8. The summed E-state index contributed by atoms with van der Waals surface area (Å²) in [6.45, 7) is 0.617. The van der Waals surface area contributed by atoms with Crippen molar-refractivity contribution in [1.29, 1.82) is 0 Å². The van der Waals surface area contributed by atoms with Crippen LogP contribution in [0.4, 0.5) is 0 Å². The lowest BCUT2D eigenvalue weighted by atomic mass is 10.1. The first-order valence-corrected chi connectivity index (χ1v) is 8.33. The number of benzene rings is 2. The second-order valence-corrected chi connectivity index (χ2v) is 5.87. The largest absolute Gasteiger partial charge is 0.497 e. The van der Waals surface area contributed by atoms with Gasteiger partial charge in [0.1, 0.15) is 18.4 Å². The molecule has 3 N–H and O–H groups in total. The van der Waals surface area contributed by atoms with Crippen molar-refractivity contribution in [2.24, 2.45) is 0 Å². The molecule has 0 aliphatic rings. The minimum absolute atomic E-state index is 0.321. The molecule has 0 unspecified atom stereocenters. The lowest BCUT2D eigenvalue weighted by Crippen LogP contribution is -2.48. The summed E-state index contributed by atoms with van der Waals surface area (Å²) in [5.41, 5.74) is 1.88. The molecule has 0 saturated carbocycles. The molecule has 0 spiro atoms. The number of methoxy groups -OCH3 is 1. The summed E-state index contributed by atoms with van der Waals surface area (Å²) in [5, 5.41) is 20.9. The maximum Gasteiger partial charge on any atom is 0.251 e. The molecule has 2 atom stereocenters. The fraction of sp³-hybridized carbons (Fsp3) is 0.238. The van der Waals surface area contributed by atoms with Crippen LogP contribution in [-0.2, 0) is 4.79 Å². The van der Waals surface area contributed by atoms with Crippen molar-refractivity contribution < 1.29 is 24.5 Å². The zero-order valence-electron chi connectivity index (χ0n) is 15.1. The maximum absolute atomic E-state index is 12.2. The molecule has 27 heavy (non-hydrogen) atoms. The van der Waals surface area contributed by atoms with Gasteiger partial charge in [-0.15, -0.1) is 0 Å². The van der Waals surface area contributed by atoms with Gasteiger partial charge in [0, 0.05) is 16.7 Å². The molecule has 0 bridgehead atoms. The number of amides is 1. The standard InChI is InChI=1S/C21H21NO5/c1-14(24)20(19(25)13-23)22-21(26)17-9-5-15(6-10-17)3-4-16-7-11-18(27-2)12-8-16/h5-12,14,20,23-24H,13H2,1-2H3,(H,22,26)/t14-,20+/m1/s1. The number of rotatable bonds is 6. The molecule has 2 aromatic rings. The Morgan fingerprint density at radius 3 is 2.00 bits per heavy atom. The molecule has 0 heterocycles. The van der Waals surface area contributed by atoms with Crippen LogP contribution in [0.25, 0.3) is 0 Å². The molecular weight excluding hydrogens is 346 g/mol. The molecule has 0 aromatic heterocycles. The Kier molecular flexibility index (Phi) is 7.12. The van der Waals surface area contributed by atoms with E-state index in [0.717, 1.165) is 16.9 Å². The zero-order valence-corrected chi connectivity index (χ0v) is 15.1. The number of nitrogens with one attached hydrogen (secondary N) is 1. The Labute approximate surface area is 157 Å². The van der Waals surface area contributed by atoms with Crippen molar-refractivity contribution in [3.05, 3.63) is 65.2 Å². The number of carbonyl (C=O) groups is 2. The van der Waals surface area contributed by atoms with Crippen molar-refractivity contribution in [3.8, 4) is 17.6 Å². The normalized spacial score (nSPS) is 12.3. The van der Waals surface area contributed by atoms with E-state index in [1.807, 2.05) is 24.3 Å². The highest BCUT2D eigenvalue weighted by Crippen LogP contribution is 2.11. The predicted octanol–water partition coefficient (Wildman–Crippen LogP) is 1.14. The maximum atomic E-state index is 12.2. The lowest BCUT2D eigenvalue weighted by Gasteiger charge is -2.19. The number of aliphatic hydroxyl groups is 2. The van der Waals surface area contributed by atoms with E-state index in [0.29, 0.717) is 5.56 Å². The molecular formula is C21H21NO5. The van der Waals surface area contributed by atoms with E-state index < -0.39 is 30.4 Å². The van der Waals surface area contributed by atoms with Crippen molar-refractivity contribution in [2.45, 2.75) is 19.1 Å². The first kappa shape index (κ1) is 20.2. The highest BCUT2D eigenvalue weighted by Gasteiger charge is 2.25. The van der Waals surface area contributed by atoms with E-state index in [4.69, 9.17) is 9.84 Å². The first-order valence-electron chi connectivity index (χ1n) is 8.33. The van der Waals surface area contributed by atoms with Crippen LogP contribution in [-0.4, -0.2) is 47.8 Å². The minimum atomic E-state index is -1.16. The summed E-state index contributed by atoms with van der Waals surface area (Å²) in [7, 11) is 1.60. The third kappa shape index (κ3) is 5.68. The summed E-state index contributed by atoms with van der Waals surface area (Å²) in [4.78, 5) is 23.8. The summed E-state index contributed by atoms with van der Waals surface area (Å²) < 4.78 is 5.09. The van der Waals surface area contributed by atoms with E-state index in [1.54, 1.807) is 31.4 Å². The molecule has 0 radical (unpaired) electrons. The van der Waals surface area contributed by atoms with Crippen LogP contribution < -0.4 is 10.1 Å². The molecule has 0 saturated heterocycles. The van der Waals surface area contributed by atoms with Crippen molar-refractivity contribution >= 4 is 11.7 Å². The molecule has 140 valence electrons. The van der Waals surface area contributed by atoms with E-state index >= 15 is 0 Å². The van der Waals surface area contributed by atoms with E-state index in [2.05, 4.69) is 17.2 Å². The number of ether oxygens (including phenoxy) is 1. The van der Waals surface area contributed by atoms with Gasteiger partial charge in [-0.1, -0.05) is 11.8 Å². The predicted molar refractivity (Wildman–Crippen MR) is 100 cm³/mol. The van der Waals surface area contributed by atoms with Crippen LogP contribution in [0, 0.1) is 11.8 Å². The topological polar surface area (TPSA) is 95.9 Å². The number of aliphatic hydroxyl groups excluding tert-OH is 2. The Hall–Kier alpha value is -3.14. The quantitative estimate of drug-likeness (QED) is 0.666. The summed E-state index contributed by atoms with van der Waals surface area (Å²) >= 11 is 0. The van der Waals surface area contributed by atoms with Crippen LogP contribution in [0.3, 0.4) is 0 Å². The molecule has 0 aliphatic carbocycles. The van der Waals surface area contributed by atoms with Gasteiger partial charge in [0.05, 0.1) is 13.2 Å². The minimum Gasteiger partial charge on any atom is -0.497 e. The average Bonchev–Trinajstić information content (AvgIpc) is 2.70. The Morgan fingerprint density at radius 2 is 1.56 bits per heavy atom. The van der Waals surface area contributed by atoms with Gasteiger partial charge in [0.25, 0.3) is 5.91 Å². The number of hydrogen-bond acceptors (Lipinski definition) is 5. The number of Topliss-reactive ketones (excluding diaryl/α,β-unsaturated/α-hetero) is 1. The van der Waals surface area contributed by atoms with Crippen molar-refractivity contribution in [3.63, 3.8) is 0 Å². The number of ketones is 1. The van der Waals surface area contributed by atoms with Crippen LogP contribution >= 0.6 is 0 Å². The monoisotopic (exact) mass is 367 g/mol. The summed E-state index contributed by atoms with van der Waals surface area (Å²) in [6.07, 6.45) is -1.11. The van der Waals surface area contributed by atoms with Gasteiger partial charge in [-0.25, -0.2) is 0 Å². The molecule has 6 nitrogen and oxygen atoms in total. The molecule has 0 aliphatic heterocycles. The van der Waals surface area contributed by atoms with Gasteiger partial charge in [-0.05, 0) is 55.5 Å². The smallest absolute Gasteiger partial charge is 0.251 e. The summed E-state index contributed by atoms with van der Waals surface area (Å²) in [6, 6.07) is 12.7. The highest BCUT2D eigenvalue weighted by molar-refractivity contribution is 5.98. The molecule has 2 rings (SSSR count). The third-order valence-corrected chi connectivity index (χ3v) is 3.86. The van der Waals surface area contributed by atoms with Crippen LogP contribution in [0.15, 0.2) is 48.5 Å². The van der Waals surface area contributed by atoms with Gasteiger partial charge in [-0.3, -0.25) is 9.59 Å². The highest BCUT2D eigenvalue weighted by atomic mass is 16.5. The SMILES string of the molecule is COc1ccc(C#Cc2ccc(C(=O)N[C@H](C(=O)CO)[C@@H](C)O)cc2)cc1. The second kappa shape index (κ2) is 9.53. The van der Waals surface area contributed by atoms with Gasteiger partial charge < -0.3 is 20.3 Å². The molecule has 1 amide bonds. The number of hydrogen-bond donors (Lipinski definition) is 3. The van der Waals surface area contributed by atoms with Crippen LogP contribution in [0.5, 0.6) is 5.75 Å². The van der Waals surface area contributed by atoms with E-state index in [1.165, 1.54) is 6.92 Å². The van der Waals surface area contributed by atoms with Crippen molar-refractivity contribution in [1.82, 2.24) is 5.32 Å². The van der Waals surface area contributed by atoms with Gasteiger partial charge in [0.2, 0.25) is 0 Å². The van der Waals surface area contributed by atoms with Crippen molar-refractivity contribution in [2.75, 3.05) is 13.7 Å². The van der Waals surface area contributed by atoms with Gasteiger partial charge in [0.15, 0.2) is 5.78 Å². The molecule has 2 aromatic carbocycles.